The molecule has 170 valence electrons. The lowest BCUT2D eigenvalue weighted by molar-refractivity contribution is -0.152. The summed E-state index contributed by atoms with van der Waals surface area (Å²) in [6, 6.07) is 9.54. The average molecular weight is 463 g/mol. The predicted octanol–water partition coefficient (Wildman–Crippen LogP) is 1.46. The molecular weight excluding hydrogens is 441 g/mol. The Kier molecular flexibility index (Phi) is 6.78. The molecule has 1 aliphatic heterocycles. The Bertz CT molecular complexity index is 1180. The first-order chi connectivity index (χ1) is 15.1. The third-order valence-electron chi connectivity index (χ3n) is 4.73. The molecule has 0 saturated heterocycles. The highest BCUT2D eigenvalue weighted by Gasteiger charge is 2.31. The van der Waals surface area contributed by atoms with Gasteiger partial charge in [-0.1, -0.05) is 18.2 Å². The van der Waals surface area contributed by atoms with Crippen molar-refractivity contribution < 1.29 is 31.9 Å². The third-order valence-corrected chi connectivity index (χ3v) is 6.12. The van der Waals surface area contributed by atoms with Crippen LogP contribution < -0.4 is 9.46 Å². The van der Waals surface area contributed by atoms with E-state index in [1.54, 1.807) is 24.3 Å². The van der Waals surface area contributed by atoms with E-state index in [-0.39, 0.29) is 23.0 Å². The summed E-state index contributed by atoms with van der Waals surface area (Å²) in [5.41, 5.74) is 0.895. The highest BCUT2D eigenvalue weighted by Crippen LogP contribution is 2.22. The highest BCUT2D eigenvalue weighted by molar-refractivity contribution is 7.90. The number of hydrogen-bond donors (Lipinski definition) is 1. The van der Waals surface area contributed by atoms with Gasteiger partial charge in [-0.3, -0.25) is 14.5 Å². The number of ether oxygens (including phenoxy) is 2. The van der Waals surface area contributed by atoms with Crippen molar-refractivity contribution in [2.24, 2.45) is 4.99 Å². The van der Waals surface area contributed by atoms with E-state index in [0.717, 1.165) is 0 Å². The van der Waals surface area contributed by atoms with Crippen LogP contribution in [0.4, 0.5) is 4.39 Å². The molecule has 0 aliphatic carbocycles. The summed E-state index contributed by atoms with van der Waals surface area (Å²) in [7, 11) is -0.881. The molecule has 0 bridgehead atoms. The van der Waals surface area contributed by atoms with Crippen LogP contribution >= 0.6 is 0 Å². The van der Waals surface area contributed by atoms with Gasteiger partial charge in [-0.25, -0.2) is 17.6 Å². The van der Waals surface area contributed by atoms with Gasteiger partial charge in [-0.15, -0.1) is 0 Å². The van der Waals surface area contributed by atoms with Gasteiger partial charge in [-0.2, -0.15) is 0 Å². The molecule has 0 aromatic heterocycles. The van der Waals surface area contributed by atoms with Crippen LogP contribution in [0.5, 0.6) is 5.75 Å². The average Bonchev–Trinajstić information content (AvgIpc) is 3.01. The fourth-order valence-corrected chi connectivity index (χ4v) is 4.25. The van der Waals surface area contributed by atoms with E-state index in [0.29, 0.717) is 11.1 Å². The Morgan fingerprint density at radius 3 is 2.62 bits per heavy atom. The van der Waals surface area contributed by atoms with E-state index in [1.807, 2.05) is 0 Å². The van der Waals surface area contributed by atoms with E-state index >= 15 is 0 Å². The van der Waals surface area contributed by atoms with Crippen LogP contribution in [0, 0.1) is 5.82 Å². The molecule has 0 unspecified atom stereocenters. The van der Waals surface area contributed by atoms with Gasteiger partial charge in [0.05, 0.1) is 12.0 Å². The van der Waals surface area contributed by atoms with Gasteiger partial charge in [0, 0.05) is 19.2 Å². The minimum atomic E-state index is -3.73. The van der Waals surface area contributed by atoms with Crippen molar-refractivity contribution in [1.82, 2.24) is 9.62 Å². The molecule has 0 radical (unpaired) electrons. The summed E-state index contributed by atoms with van der Waals surface area (Å²) in [6.07, 6.45) is 0. The fraction of sp³-hybridized carbons (Fsp3) is 0.286. The number of rotatable bonds is 7. The van der Waals surface area contributed by atoms with Gasteiger partial charge < -0.3 is 14.4 Å². The number of aliphatic imine (C=N–C) groups is 1. The van der Waals surface area contributed by atoms with Crippen molar-refractivity contribution in [3.63, 3.8) is 0 Å². The van der Waals surface area contributed by atoms with Gasteiger partial charge in [0.1, 0.15) is 11.9 Å². The molecule has 1 aliphatic rings. The number of carbonyl (C=O) groups excluding carboxylic acids is 2. The summed E-state index contributed by atoms with van der Waals surface area (Å²) in [6.45, 7) is 0.998. The number of nitrogens with one attached hydrogen (secondary N) is 1. The maximum absolute atomic E-state index is 13.8. The molecule has 1 heterocycles. The number of amides is 1. The Morgan fingerprint density at radius 1 is 1.22 bits per heavy atom. The number of amidine groups is 1. The van der Waals surface area contributed by atoms with Gasteiger partial charge >= 0.3 is 5.97 Å². The minimum Gasteiger partial charge on any atom is -0.494 e. The van der Waals surface area contributed by atoms with Crippen molar-refractivity contribution in [2.45, 2.75) is 24.4 Å². The summed E-state index contributed by atoms with van der Waals surface area (Å²) >= 11 is 0. The largest absolute Gasteiger partial charge is 0.494 e. The SMILES string of the molecule is COc1ccc(CN(C)C(=O)COC(=O)[C@H](C)N=C2NS(=O)(=O)c3ccccc32)cc1F. The Morgan fingerprint density at radius 2 is 1.94 bits per heavy atom. The number of likely N-dealkylation sites (N-methyl/N-ethyl adjacent to an activating group) is 1. The van der Waals surface area contributed by atoms with E-state index in [1.165, 1.54) is 44.2 Å². The summed E-state index contributed by atoms with van der Waals surface area (Å²) in [4.78, 5) is 30.0. The number of benzene rings is 2. The van der Waals surface area contributed by atoms with Crippen LogP contribution in [0.3, 0.4) is 0 Å². The van der Waals surface area contributed by atoms with E-state index in [4.69, 9.17) is 9.47 Å². The molecule has 9 nitrogen and oxygen atoms in total. The predicted molar refractivity (Wildman–Crippen MR) is 113 cm³/mol. The Balaban J connectivity index is 1.57. The minimum absolute atomic E-state index is 0.0371. The lowest BCUT2D eigenvalue weighted by Gasteiger charge is -2.18. The summed E-state index contributed by atoms with van der Waals surface area (Å²) < 4.78 is 50.2. The number of hydrogen-bond acceptors (Lipinski definition) is 7. The summed E-state index contributed by atoms with van der Waals surface area (Å²) in [5, 5.41) is 0. The zero-order chi connectivity index (χ0) is 23.5. The van der Waals surface area contributed by atoms with Crippen LogP contribution in [-0.4, -0.2) is 57.8 Å². The van der Waals surface area contributed by atoms with Crippen LogP contribution in [0.25, 0.3) is 0 Å². The maximum atomic E-state index is 13.8. The zero-order valence-corrected chi connectivity index (χ0v) is 18.5. The van der Waals surface area contributed by atoms with Crippen molar-refractivity contribution >= 4 is 27.7 Å². The molecule has 32 heavy (non-hydrogen) atoms. The van der Waals surface area contributed by atoms with E-state index in [2.05, 4.69) is 9.71 Å². The van der Waals surface area contributed by atoms with Crippen LogP contribution in [0.2, 0.25) is 0 Å². The summed E-state index contributed by atoms with van der Waals surface area (Å²) in [5.74, 6) is -1.71. The number of sulfonamides is 1. The molecule has 2 aromatic carbocycles. The second-order valence-electron chi connectivity index (χ2n) is 7.08. The van der Waals surface area contributed by atoms with Crippen molar-refractivity contribution in [3.8, 4) is 5.75 Å². The molecule has 11 heteroatoms. The smallest absolute Gasteiger partial charge is 0.331 e. The molecule has 1 amide bonds. The number of methoxy groups -OCH3 is 1. The highest BCUT2D eigenvalue weighted by atomic mass is 32.2. The monoisotopic (exact) mass is 463 g/mol. The van der Waals surface area contributed by atoms with Gasteiger partial charge in [0.25, 0.3) is 15.9 Å². The van der Waals surface area contributed by atoms with E-state index < -0.39 is 40.4 Å². The van der Waals surface area contributed by atoms with Gasteiger partial charge in [0.15, 0.2) is 18.2 Å². The Hall–Kier alpha value is -3.47. The first-order valence-corrected chi connectivity index (χ1v) is 11.0. The normalized spacial score (nSPS) is 16.1. The van der Waals surface area contributed by atoms with Crippen LogP contribution in [0.1, 0.15) is 18.1 Å². The van der Waals surface area contributed by atoms with Gasteiger partial charge in [-0.05, 0) is 36.8 Å². The molecule has 3 rings (SSSR count). The molecule has 0 saturated carbocycles. The lowest BCUT2D eigenvalue weighted by atomic mass is 10.2. The fourth-order valence-electron chi connectivity index (χ4n) is 3.01. The number of esters is 1. The number of carbonyl (C=O) groups is 2. The second kappa shape index (κ2) is 9.35. The van der Waals surface area contributed by atoms with Crippen molar-refractivity contribution in [2.75, 3.05) is 20.8 Å². The second-order valence-corrected chi connectivity index (χ2v) is 8.73. The number of halogens is 1. The quantitative estimate of drug-likeness (QED) is 0.622. The molecule has 0 fully saturated rings. The molecule has 0 spiro atoms. The molecule has 1 atom stereocenters. The maximum Gasteiger partial charge on any atom is 0.331 e. The Labute approximate surface area is 184 Å². The standard InChI is InChI=1S/C21H22FN3O6S/c1-13(23-20-15-6-4-5-7-18(15)32(28,29)24-20)21(27)31-12-19(26)25(2)11-14-8-9-17(30-3)16(22)10-14/h4-10,13H,11-12H2,1-3H3,(H,23,24)/t13-/m0/s1. The first-order valence-electron chi connectivity index (χ1n) is 9.55. The van der Waals surface area contributed by atoms with Crippen molar-refractivity contribution in [3.05, 3.63) is 59.4 Å². The van der Waals surface area contributed by atoms with Gasteiger partial charge in [0.2, 0.25) is 0 Å². The lowest BCUT2D eigenvalue weighted by Crippen LogP contribution is -2.33. The molecular formula is C21H22FN3O6S. The third kappa shape index (κ3) is 5.05. The number of nitrogens with zero attached hydrogens (tertiary/aromatic N) is 2. The zero-order valence-electron chi connectivity index (χ0n) is 17.7. The molecule has 2 aromatic rings. The van der Waals surface area contributed by atoms with Crippen LogP contribution in [-0.2, 0) is 30.9 Å². The number of fused-ring (bicyclic) bond motifs is 1. The van der Waals surface area contributed by atoms with Crippen molar-refractivity contribution in [1.29, 1.82) is 0 Å². The van der Waals surface area contributed by atoms with E-state index in [9.17, 15) is 22.4 Å². The topological polar surface area (TPSA) is 114 Å². The molecule has 1 N–H and O–H groups in total. The first kappa shape index (κ1) is 23.2. The van der Waals surface area contributed by atoms with Crippen LogP contribution in [0.15, 0.2) is 52.4 Å².